The van der Waals surface area contributed by atoms with Crippen molar-refractivity contribution < 1.29 is 23.1 Å². The van der Waals surface area contributed by atoms with Crippen molar-refractivity contribution in [2.24, 2.45) is 10.8 Å². The Labute approximate surface area is 106 Å². The number of allylic oxidation sites excluding steroid dienone is 2. The van der Waals surface area contributed by atoms with Crippen LogP contribution in [-0.2, 0) is 4.79 Å². The molecule has 0 fully saturated rings. The van der Waals surface area contributed by atoms with Crippen LogP contribution in [0.25, 0.3) is 0 Å². The highest BCUT2D eigenvalue weighted by molar-refractivity contribution is 5.95. The first-order chi connectivity index (χ1) is 7.92. The van der Waals surface area contributed by atoms with Gasteiger partial charge < -0.3 is 5.11 Å². The Kier molecular flexibility index (Phi) is 5.03. The van der Waals surface area contributed by atoms with Crippen molar-refractivity contribution in [1.29, 1.82) is 0 Å². The normalized spacial score (nSPS) is 14.8. The van der Waals surface area contributed by atoms with E-state index >= 15 is 0 Å². The smallest absolute Gasteiger partial charge is 0.401 e. The Morgan fingerprint density at radius 2 is 1.50 bits per heavy atom. The fraction of sp³-hybridized carbons (Fsp3) is 0.769. The molecule has 0 spiro atoms. The first-order valence-electron chi connectivity index (χ1n) is 5.94. The lowest BCUT2D eigenvalue weighted by Gasteiger charge is -2.28. The van der Waals surface area contributed by atoms with Gasteiger partial charge in [0, 0.05) is 11.5 Å². The molecule has 0 aliphatic carbocycles. The van der Waals surface area contributed by atoms with E-state index in [-0.39, 0.29) is 5.76 Å². The summed E-state index contributed by atoms with van der Waals surface area (Å²) in [5.41, 5.74) is -3.14. The quantitative estimate of drug-likeness (QED) is 0.591. The van der Waals surface area contributed by atoms with Gasteiger partial charge in [-0.2, -0.15) is 13.2 Å². The lowest BCUT2D eigenvalue weighted by molar-refractivity contribution is -0.207. The van der Waals surface area contributed by atoms with Gasteiger partial charge in [-0.1, -0.05) is 20.8 Å². The van der Waals surface area contributed by atoms with E-state index in [1.807, 2.05) is 13.8 Å². The van der Waals surface area contributed by atoms with E-state index in [0.29, 0.717) is 12.8 Å². The average molecular weight is 266 g/mol. The van der Waals surface area contributed by atoms with Crippen LogP contribution >= 0.6 is 0 Å². The van der Waals surface area contributed by atoms with Crippen LogP contribution in [0.2, 0.25) is 0 Å². The Morgan fingerprint density at radius 3 is 1.78 bits per heavy atom. The van der Waals surface area contributed by atoms with E-state index in [1.54, 1.807) is 6.92 Å². The lowest BCUT2D eigenvalue weighted by atomic mass is 9.80. The molecule has 0 saturated carbocycles. The monoisotopic (exact) mass is 266 g/mol. The molecule has 0 atom stereocenters. The molecule has 2 nitrogen and oxygen atoms in total. The summed E-state index contributed by atoms with van der Waals surface area (Å²) in [6.45, 7) is 6.97. The molecule has 106 valence electrons. The van der Waals surface area contributed by atoms with Gasteiger partial charge in [-0.3, -0.25) is 4.79 Å². The predicted molar refractivity (Wildman–Crippen MR) is 64.2 cm³/mol. The molecule has 0 aromatic heterocycles. The largest absolute Gasteiger partial charge is 0.512 e. The van der Waals surface area contributed by atoms with Gasteiger partial charge in [0.1, 0.15) is 11.2 Å². The number of ketones is 1. The van der Waals surface area contributed by atoms with E-state index in [2.05, 4.69) is 0 Å². The second-order valence-electron chi connectivity index (χ2n) is 5.28. The van der Waals surface area contributed by atoms with Crippen LogP contribution in [0.15, 0.2) is 11.8 Å². The highest BCUT2D eigenvalue weighted by Crippen LogP contribution is 2.40. The molecule has 0 aliphatic rings. The van der Waals surface area contributed by atoms with Crippen molar-refractivity contribution in [3.63, 3.8) is 0 Å². The lowest BCUT2D eigenvalue weighted by Crippen LogP contribution is -2.39. The van der Waals surface area contributed by atoms with Crippen LogP contribution in [0.3, 0.4) is 0 Å². The van der Waals surface area contributed by atoms with E-state index in [4.69, 9.17) is 0 Å². The minimum absolute atomic E-state index is 0.283. The van der Waals surface area contributed by atoms with Gasteiger partial charge in [0.05, 0.1) is 0 Å². The van der Waals surface area contributed by atoms with Gasteiger partial charge in [0.15, 0.2) is 5.78 Å². The maximum absolute atomic E-state index is 12.7. The molecule has 0 amide bonds. The molecule has 0 aromatic rings. The summed E-state index contributed by atoms with van der Waals surface area (Å²) in [6, 6.07) is 0. The first-order valence-corrected chi connectivity index (χ1v) is 5.94. The Balaban J connectivity index is 5.29. The molecule has 1 N–H and O–H groups in total. The maximum atomic E-state index is 12.7. The van der Waals surface area contributed by atoms with Crippen molar-refractivity contribution >= 4 is 5.78 Å². The molecule has 0 heterocycles. The standard InChI is InChI=1S/C13H21F3O2/c1-6-12(5,7-2)10(18)8-9(17)11(3,4)13(14,15)16/h8,18H,6-7H2,1-5H3. The minimum atomic E-state index is -4.63. The molecule has 5 heteroatoms. The van der Waals surface area contributed by atoms with Gasteiger partial charge in [-0.25, -0.2) is 0 Å². The molecule has 0 aliphatic heterocycles. The van der Waals surface area contributed by atoms with Crippen molar-refractivity contribution in [1.82, 2.24) is 0 Å². The van der Waals surface area contributed by atoms with Gasteiger partial charge in [-0.15, -0.1) is 0 Å². The number of hydrogen-bond acceptors (Lipinski definition) is 2. The molecular weight excluding hydrogens is 245 g/mol. The summed E-state index contributed by atoms with van der Waals surface area (Å²) < 4.78 is 38.0. The highest BCUT2D eigenvalue weighted by Gasteiger charge is 2.52. The fourth-order valence-electron chi connectivity index (χ4n) is 1.23. The molecule has 0 aromatic carbocycles. The molecular formula is C13H21F3O2. The maximum Gasteiger partial charge on any atom is 0.401 e. The zero-order valence-corrected chi connectivity index (χ0v) is 11.5. The number of hydrogen-bond donors (Lipinski definition) is 1. The van der Waals surface area contributed by atoms with E-state index in [0.717, 1.165) is 19.9 Å². The number of carbonyl (C=O) groups excluding carboxylic acids is 1. The second-order valence-corrected chi connectivity index (χ2v) is 5.28. The summed E-state index contributed by atoms with van der Waals surface area (Å²) in [7, 11) is 0. The molecule has 0 rings (SSSR count). The Bertz CT molecular complexity index is 337. The molecule has 0 saturated heterocycles. The van der Waals surface area contributed by atoms with Crippen LogP contribution < -0.4 is 0 Å². The Morgan fingerprint density at radius 1 is 1.11 bits per heavy atom. The summed E-state index contributed by atoms with van der Waals surface area (Å²) in [5, 5.41) is 9.84. The third kappa shape index (κ3) is 3.27. The number of aliphatic hydroxyl groups excluding tert-OH is 1. The van der Waals surface area contributed by atoms with Crippen molar-refractivity contribution in [2.75, 3.05) is 0 Å². The zero-order valence-electron chi connectivity index (χ0n) is 11.5. The fourth-order valence-corrected chi connectivity index (χ4v) is 1.23. The van der Waals surface area contributed by atoms with Gasteiger partial charge in [0.25, 0.3) is 0 Å². The highest BCUT2D eigenvalue weighted by atomic mass is 19.4. The average Bonchev–Trinajstić information content (AvgIpc) is 2.26. The van der Waals surface area contributed by atoms with Crippen LogP contribution in [0.1, 0.15) is 47.5 Å². The van der Waals surface area contributed by atoms with E-state index in [9.17, 15) is 23.1 Å². The van der Waals surface area contributed by atoms with Crippen LogP contribution in [0.5, 0.6) is 0 Å². The summed E-state index contributed by atoms with van der Waals surface area (Å²) in [4.78, 5) is 11.6. The minimum Gasteiger partial charge on any atom is -0.512 e. The zero-order chi connectivity index (χ0) is 14.8. The van der Waals surface area contributed by atoms with E-state index in [1.165, 1.54) is 0 Å². The number of aliphatic hydroxyl groups is 1. The molecule has 0 unspecified atom stereocenters. The topological polar surface area (TPSA) is 37.3 Å². The number of rotatable bonds is 5. The predicted octanol–water partition coefficient (Wildman–Crippen LogP) is 4.41. The van der Waals surface area contributed by atoms with E-state index < -0.39 is 22.8 Å². The number of halogens is 3. The summed E-state index contributed by atoms with van der Waals surface area (Å²) in [5.74, 6) is -1.41. The SMILES string of the molecule is CCC(C)(CC)C(O)=CC(=O)C(C)(C)C(F)(F)F. The van der Waals surface area contributed by atoms with Gasteiger partial charge in [0.2, 0.25) is 0 Å². The van der Waals surface area contributed by atoms with Crippen molar-refractivity contribution in [3.8, 4) is 0 Å². The third-order valence-electron chi connectivity index (χ3n) is 3.77. The third-order valence-corrected chi connectivity index (χ3v) is 3.77. The van der Waals surface area contributed by atoms with Gasteiger partial charge in [-0.05, 0) is 26.7 Å². The van der Waals surface area contributed by atoms with Crippen molar-refractivity contribution in [2.45, 2.75) is 53.6 Å². The number of alkyl halides is 3. The van der Waals surface area contributed by atoms with Crippen LogP contribution in [-0.4, -0.2) is 17.1 Å². The Hall–Kier alpha value is -1.00. The summed E-state index contributed by atoms with van der Waals surface area (Å²) in [6.07, 6.45) is -2.81. The molecule has 0 bridgehead atoms. The first kappa shape index (κ1) is 17.0. The van der Waals surface area contributed by atoms with Gasteiger partial charge >= 0.3 is 6.18 Å². The number of carbonyl (C=O) groups is 1. The van der Waals surface area contributed by atoms with Crippen LogP contribution in [0, 0.1) is 10.8 Å². The molecule has 18 heavy (non-hydrogen) atoms. The summed E-state index contributed by atoms with van der Waals surface area (Å²) >= 11 is 0. The molecule has 0 radical (unpaired) electrons. The van der Waals surface area contributed by atoms with Crippen LogP contribution in [0.4, 0.5) is 13.2 Å². The van der Waals surface area contributed by atoms with Crippen molar-refractivity contribution in [3.05, 3.63) is 11.8 Å². The second kappa shape index (κ2) is 5.33.